The van der Waals surface area contributed by atoms with Crippen LogP contribution in [0.15, 0.2) is 40.6 Å². The highest BCUT2D eigenvalue weighted by Crippen LogP contribution is 2.29. The molecule has 2 aromatic rings. The average Bonchev–Trinajstić information content (AvgIpc) is 3.49. The van der Waals surface area contributed by atoms with Gasteiger partial charge in [-0.25, -0.2) is 14.7 Å². The number of hydrogen-bond donors (Lipinski definition) is 3. The number of nitrogens with one attached hydrogen (secondary N) is 2. The summed E-state index contributed by atoms with van der Waals surface area (Å²) in [6.07, 6.45) is 11.0. The van der Waals surface area contributed by atoms with E-state index in [1.165, 1.54) is 12.8 Å². The summed E-state index contributed by atoms with van der Waals surface area (Å²) in [5, 5.41) is 14.5. The van der Waals surface area contributed by atoms with Gasteiger partial charge in [-0.05, 0) is 50.3 Å². The number of amidine groups is 1. The SMILES string of the molecule is NC1(Nc2ccc3c(c2)nnn3C2CCCCO2)N=C2C(=NC=CN2C2CCCC2)C(=O)N1. The van der Waals surface area contributed by atoms with Crippen LogP contribution in [0.2, 0.25) is 0 Å². The molecule has 2 unspecified atom stereocenters. The molecule has 1 aromatic carbocycles. The molecule has 1 aliphatic carbocycles. The summed E-state index contributed by atoms with van der Waals surface area (Å²) in [7, 11) is 0. The van der Waals surface area contributed by atoms with Crippen LogP contribution < -0.4 is 16.4 Å². The van der Waals surface area contributed by atoms with E-state index in [9.17, 15) is 4.79 Å². The van der Waals surface area contributed by atoms with Crippen LogP contribution in [-0.2, 0) is 9.53 Å². The minimum atomic E-state index is -1.51. The molecule has 6 rings (SSSR count). The number of aliphatic imine (C=N–C) groups is 2. The number of amides is 1. The van der Waals surface area contributed by atoms with E-state index < -0.39 is 5.91 Å². The quantitative estimate of drug-likeness (QED) is 0.606. The molecule has 4 heterocycles. The van der Waals surface area contributed by atoms with Crippen molar-refractivity contribution in [2.75, 3.05) is 11.9 Å². The van der Waals surface area contributed by atoms with Crippen LogP contribution in [-0.4, -0.2) is 55.9 Å². The van der Waals surface area contributed by atoms with E-state index in [-0.39, 0.29) is 17.8 Å². The maximum atomic E-state index is 12.8. The van der Waals surface area contributed by atoms with Crippen LogP contribution in [0, 0.1) is 0 Å². The third-order valence-electron chi connectivity index (χ3n) is 6.64. The number of ether oxygens (including phenoxy) is 1. The zero-order valence-electron chi connectivity index (χ0n) is 18.3. The molecule has 1 amide bonds. The third kappa shape index (κ3) is 3.66. The van der Waals surface area contributed by atoms with Crippen LogP contribution in [0.25, 0.3) is 11.0 Å². The summed E-state index contributed by atoms with van der Waals surface area (Å²) in [5.74, 6) is -1.36. The van der Waals surface area contributed by atoms with Gasteiger partial charge in [-0.3, -0.25) is 15.8 Å². The van der Waals surface area contributed by atoms with Gasteiger partial charge in [-0.1, -0.05) is 18.1 Å². The molecule has 4 N–H and O–H groups in total. The lowest BCUT2D eigenvalue weighted by Gasteiger charge is -2.38. The predicted octanol–water partition coefficient (Wildman–Crippen LogP) is 1.81. The topological polar surface area (TPSA) is 135 Å². The summed E-state index contributed by atoms with van der Waals surface area (Å²) < 4.78 is 7.68. The maximum Gasteiger partial charge on any atom is 0.278 e. The van der Waals surface area contributed by atoms with Gasteiger partial charge in [-0.15, -0.1) is 5.10 Å². The monoisotopic (exact) mass is 449 g/mol. The van der Waals surface area contributed by atoms with Gasteiger partial charge in [0, 0.05) is 30.7 Å². The molecule has 11 heteroatoms. The number of aromatic nitrogens is 3. The number of carbonyl (C=O) groups excluding carboxylic acids is 1. The fourth-order valence-corrected chi connectivity index (χ4v) is 5.03. The second-order valence-corrected chi connectivity index (χ2v) is 8.96. The minimum Gasteiger partial charge on any atom is -0.356 e. The smallest absolute Gasteiger partial charge is 0.278 e. The van der Waals surface area contributed by atoms with Gasteiger partial charge in [-0.2, -0.15) is 0 Å². The Morgan fingerprint density at radius 3 is 2.85 bits per heavy atom. The van der Waals surface area contributed by atoms with Crippen LogP contribution in [0.1, 0.15) is 51.2 Å². The molecule has 172 valence electrons. The summed E-state index contributed by atoms with van der Waals surface area (Å²) in [6.45, 7) is 0.736. The number of benzene rings is 1. The van der Waals surface area contributed by atoms with Crippen LogP contribution in [0.3, 0.4) is 0 Å². The van der Waals surface area contributed by atoms with Crippen LogP contribution in [0.5, 0.6) is 0 Å². The fourth-order valence-electron chi connectivity index (χ4n) is 5.03. The normalized spacial score (nSPS) is 27.8. The molecule has 0 spiro atoms. The van der Waals surface area contributed by atoms with Crippen molar-refractivity contribution in [2.24, 2.45) is 15.7 Å². The van der Waals surface area contributed by atoms with Gasteiger partial charge < -0.3 is 15.0 Å². The largest absolute Gasteiger partial charge is 0.356 e. The molecule has 2 atom stereocenters. The first-order valence-corrected chi connectivity index (χ1v) is 11.6. The lowest BCUT2D eigenvalue weighted by molar-refractivity contribution is -0.116. The molecule has 0 radical (unpaired) electrons. The number of hydrogen-bond acceptors (Lipinski definition) is 9. The number of nitrogens with two attached hydrogens (primary N) is 1. The van der Waals surface area contributed by atoms with Gasteiger partial charge in [0.05, 0.1) is 5.52 Å². The standard InChI is InChI=1S/C22H27N9O2/c23-22(26-20-19(21(32)27-22)24-10-11-30(20)15-5-1-2-6-15)25-14-8-9-17-16(13-14)28-29-31(17)18-7-3-4-12-33-18/h8-11,13,15,18,25H,1-7,12,23H2,(H,27,32). The van der Waals surface area contributed by atoms with Gasteiger partial charge in [0.1, 0.15) is 5.52 Å². The minimum absolute atomic E-state index is 0.0916. The molecular weight excluding hydrogens is 422 g/mol. The van der Waals surface area contributed by atoms with Crippen molar-refractivity contribution in [3.05, 3.63) is 30.6 Å². The van der Waals surface area contributed by atoms with E-state index in [1.54, 1.807) is 6.20 Å². The first-order valence-electron chi connectivity index (χ1n) is 11.6. The molecule has 1 saturated carbocycles. The lowest BCUT2D eigenvalue weighted by Crippen LogP contribution is -2.67. The highest BCUT2D eigenvalue weighted by atomic mass is 16.5. The molecule has 33 heavy (non-hydrogen) atoms. The highest BCUT2D eigenvalue weighted by molar-refractivity contribution is 6.67. The predicted molar refractivity (Wildman–Crippen MR) is 123 cm³/mol. The molecule has 1 saturated heterocycles. The molecule has 1 aromatic heterocycles. The summed E-state index contributed by atoms with van der Waals surface area (Å²) in [6, 6.07) is 5.96. The second kappa shape index (κ2) is 7.92. The number of carbonyl (C=O) groups is 1. The third-order valence-corrected chi connectivity index (χ3v) is 6.64. The first kappa shape index (κ1) is 20.3. The zero-order valence-corrected chi connectivity index (χ0v) is 18.3. The second-order valence-electron chi connectivity index (χ2n) is 8.96. The number of nitrogens with zero attached hydrogens (tertiary/aromatic N) is 6. The Hall–Kier alpha value is -3.31. The zero-order chi connectivity index (χ0) is 22.4. The van der Waals surface area contributed by atoms with Crippen molar-refractivity contribution in [1.82, 2.24) is 25.2 Å². The van der Waals surface area contributed by atoms with E-state index in [1.807, 2.05) is 34.0 Å². The van der Waals surface area contributed by atoms with Crippen molar-refractivity contribution in [1.29, 1.82) is 0 Å². The van der Waals surface area contributed by atoms with Gasteiger partial charge in [0.2, 0.25) is 0 Å². The Morgan fingerprint density at radius 1 is 1.18 bits per heavy atom. The van der Waals surface area contributed by atoms with Crippen molar-refractivity contribution in [2.45, 2.75) is 63.1 Å². The summed E-state index contributed by atoms with van der Waals surface area (Å²) in [5.41, 5.74) is 9.08. The summed E-state index contributed by atoms with van der Waals surface area (Å²) >= 11 is 0. The van der Waals surface area contributed by atoms with Gasteiger partial charge in [0.25, 0.3) is 11.8 Å². The average molecular weight is 450 g/mol. The number of fused-ring (bicyclic) bond motifs is 2. The van der Waals surface area contributed by atoms with Crippen molar-refractivity contribution in [3.8, 4) is 0 Å². The van der Waals surface area contributed by atoms with E-state index in [4.69, 9.17) is 15.5 Å². The first-order chi connectivity index (χ1) is 16.1. The highest BCUT2D eigenvalue weighted by Gasteiger charge is 2.41. The van der Waals surface area contributed by atoms with Crippen molar-refractivity contribution >= 4 is 34.2 Å². The molecule has 2 fully saturated rings. The number of rotatable bonds is 4. The molecular formula is C22H27N9O2. The Balaban J connectivity index is 1.28. The van der Waals surface area contributed by atoms with Crippen molar-refractivity contribution in [3.63, 3.8) is 0 Å². The Labute approximate surface area is 190 Å². The summed E-state index contributed by atoms with van der Waals surface area (Å²) in [4.78, 5) is 23.8. The number of anilines is 1. The Bertz CT molecular complexity index is 1170. The van der Waals surface area contributed by atoms with Gasteiger partial charge >= 0.3 is 0 Å². The van der Waals surface area contributed by atoms with E-state index in [0.29, 0.717) is 23.1 Å². The maximum absolute atomic E-state index is 12.8. The van der Waals surface area contributed by atoms with Crippen molar-refractivity contribution < 1.29 is 9.53 Å². The molecule has 4 aliphatic rings. The van der Waals surface area contributed by atoms with Gasteiger partial charge in [0.15, 0.2) is 17.8 Å². The fraction of sp³-hybridized carbons (Fsp3) is 0.500. The lowest BCUT2D eigenvalue weighted by atomic mass is 10.1. The van der Waals surface area contributed by atoms with E-state index in [0.717, 1.165) is 44.2 Å². The van der Waals surface area contributed by atoms with E-state index >= 15 is 0 Å². The Kier molecular flexibility index (Phi) is 4.88. The molecule has 0 bridgehead atoms. The van der Waals surface area contributed by atoms with E-state index in [2.05, 4.69) is 25.9 Å². The molecule has 11 nitrogen and oxygen atoms in total. The van der Waals surface area contributed by atoms with Crippen LogP contribution in [0.4, 0.5) is 5.69 Å². The Morgan fingerprint density at radius 2 is 2.03 bits per heavy atom. The van der Waals surface area contributed by atoms with Crippen LogP contribution >= 0.6 is 0 Å². The molecule has 3 aliphatic heterocycles.